The van der Waals surface area contributed by atoms with E-state index in [1.807, 2.05) is 6.07 Å². The molecule has 1 aromatic carbocycles. The normalized spacial score (nSPS) is 9.94. The van der Waals surface area contributed by atoms with Crippen LogP contribution in [0.25, 0.3) is 6.08 Å². The molecular weight excluding hydrogens is 222 g/mol. The molecule has 0 spiro atoms. The molecule has 17 heavy (non-hydrogen) atoms. The van der Waals surface area contributed by atoms with Gasteiger partial charge in [-0.25, -0.2) is 4.79 Å². The van der Waals surface area contributed by atoms with Crippen LogP contribution in [0.15, 0.2) is 18.2 Å². The number of methoxy groups -OCH3 is 2. The molecule has 0 bridgehead atoms. The fourth-order valence-electron chi connectivity index (χ4n) is 1.20. The lowest BCUT2D eigenvalue weighted by Gasteiger charge is -2.06. The molecule has 5 heteroatoms. The van der Waals surface area contributed by atoms with Crippen LogP contribution < -0.4 is 4.74 Å². The van der Waals surface area contributed by atoms with E-state index in [2.05, 4.69) is 4.74 Å². The lowest BCUT2D eigenvalue weighted by molar-refractivity contribution is -0.134. The molecule has 0 radical (unpaired) electrons. The van der Waals surface area contributed by atoms with Crippen LogP contribution in [0.4, 0.5) is 0 Å². The number of phenolic OH excluding ortho intramolecular Hbond substituents is 1. The molecule has 0 aliphatic rings. The Kier molecular flexibility index (Phi) is 4.12. The standard InChI is InChI=1S/C12H11NO4/c1-16-10-6-8(7-13)5-9(12(10)15)3-4-11(14)17-2/h3-6,15H,1-2H3. The Morgan fingerprint density at radius 1 is 1.47 bits per heavy atom. The maximum atomic E-state index is 10.9. The third-order valence-corrected chi connectivity index (χ3v) is 2.05. The number of phenols is 1. The summed E-state index contributed by atoms with van der Waals surface area (Å²) in [6.07, 6.45) is 2.50. The van der Waals surface area contributed by atoms with Gasteiger partial charge in [0.1, 0.15) is 0 Å². The van der Waals surface area contributed by atoms with Gasteiger partial charge in [0.15, 0.2) is 11.5 Å². The maximum absolute atomic E-state index is 10.9. The van der Waals surface area contributed by atoms with E-state index in [1.165, 1.54) is 32.4 Å². The van der Waals surface area contributed by atoms with Crippen LogP contribution in [0, 0.1) is 11.3 Å². The second-order valence-corrected chi connectivity index (χ2v) is 3.08. The van der Waals surface area contributed by atoms with Crippen LogP contribution in [0.2, 0.25) is 0 Å². The van der Waals surface area contributed by atoms with Gasteiger partial charge in [-0.3, -0.25) is 0 Å². The molecular formula is C12H11NO4. The molecule has 0 unspecified atom stereocenters. The third-order valence-electron chi connectivity index (χ3n) is 2.05. The van der Waals surface area contributed by atoms with Gasteiger partial charge in [0.05, 0.1) is 25.9 Å². The van der Waals surface area contributed by atoms with Gasteiger partial charge in [-0.1, -0.05) is 0 Å². The first-order valence-corrected chi connectivity index (χ1v) is 4.69. The van der Waals surface area contributed by atoms with E-state index >= 15 is 0 Å². The van der Waals surface area contributed by atoms with Gasteiger partial charge >= 0.3 is 5.97 Å². The Balaban J connectivity index is 3.19. The Morgan fingerprint density at radius 2 is 2.18 bits per heavy atom. The summed E-state index contributed by atoms with van der Waals surface area (Å²) in [6, 6.07) is 4.78. The van der Waals surface area contributed by atoms with E-state index < -0.39 is 5.97 Å². The van der Waals surface area contributed by atoms with Gasteiger partial charge in [-0.15, -0.1) is 0 Å². The van der Waals surface area contributed by atoms with Crippen molar-refractivity contribution in [3.63, 3.8) is 0 Å². The highest BCUT2D eigenvalue weighted by Crippen LogP contribution is 2.32. The molecule has 0 amide bonds. The Labute approximate surface area is 98.5 Å². The molecule has 0 atom stereocenters. The number of carbonyl (C=O) groups is 1. The van der Waals surface area contributed by atoms with Gasteiger partial charge in [0.25, 0.3) is 0 Å². The largest absolute Gasteiger partial charge is 0.504 e. The summed E-state index contributed by atoms with van der Waals surface area (Å²) in [4.78, 5) is 10.9. The Bertz CT molecular complexity index is 500. The SMILES string of the molecule is COC(=O)C=Cc1cc(C#N)cc(OC)c1O. The van der Waals surface area contributed by atoms with Crippen molar-refractivity contribution in [1.29, 1.82) is 5.26 Å². The van der Waals surface area contributed by atoms with Crippen molar-refractivity contribution in [1.82, 2.24) is 0 Å². The van der Waals surface area contributed by atoms with Crippen LogP contribution in [0.1, 0.15) is 11.1 Å². The van der Waals surface area contributed by atoms with E-state index in [4.69, 9.17) is 10.00 Å². The fourth-order valence-corrected chi connectivity index (χ4v) is 1.20. The van der Waals surface area contributed by atoms with Crippen LogP contribution >= 0.6 is 0 Å². The first kappa shape index (κ1) is 12.6. The van der Waals surface area contributed by atoms with E-state index in [-0.39, 0.29) is 11.5 Å². The van der Waals surface area contributed by atoms with E-state index in [1.54, 1.807) is 0 Å². The topological polar surface area (TPSA) is 79.6 Å². The molecule has 0 aliphatic carbocycles. The average Bonchev–Trinajstić information content (AvgIpc) is 2.37. The first-order valence-electron chi connectivity index (χ1n) is 4.69. The van der Waals surface area contributed by atoms with Crippen molar-refractivity contribution in [3.05, 3.63) is 29.3 Å². The summed E-state index contributed by atoms with van der Waals surface area (Å²) in [5.41, 5.74) is 0.635. The predicted molar refractivity (Wildman–Crippen MR) is 60.4 cm³/mol. The number of hydrogen-bond acceptors (Lipinski definition) is 5. The van der Waals surface area contributed by atoms with E-state index in [9.17, 15) is 9.90 Å². The van der Waals surface area contributed by atoms with Gasteiger partial charge in [-0.2, -0.15) is 5.26 Å². The zero-order chi connectivity index (χ0) is 12.8. The van der Waals surface area contributed by atoms with Crippen LogP contribution in [-0.2, 0) is 9.53 Å². The summed E-state index contributed by atoms with van der Waals surface area (Å²) < 4.78 is 9.33. The highest BCUT2D eigenvalue weighted by atomic mass is 16.5. The van der Waals surface area contributed by atoms with Crippen LogP contribution in [-0.4, -0.2) is 25.3 Å². The molecule has 0 aliphatic heterocycles. The minimum absolute atomic E-state index is 0.133. The van der Waals surface area contributed by atoms with Crippen molar-refractivity contribution >= 4 is 12.0 Å². The average molecular weight is 233 g/mol. The molecule has 0 saturated heterocycles. The first-order chi connectivity index (χ1) is 8.12. The molecule has 0 heterocycles. The molecule has 0 fully saturated rings. The molecule has 0 aromatic heterocycles. The quantitative estimate of drug-likeness (QED) is 0.631. The number of aromatic hydroxyl groups is 1. The van der Waals surface area contributed by atoms with Crippen molar-refractivity contribution < 1.29 is 19.4 Å². The van der Waals surface area contributed by atoms with Crippen molar-refractivity contribution in [2.75, 3.05) is 14.2 Å². The summed E-state index contributed by atoms with van der Waals surface area (Å²) in [5.74, 6) is -0.508. The fraction of sp³-hybridized carbons (Fsp3) is 0.167. The molecule has 1 N–H and O–H groups in total. The number of nitrogens with zero attached hydrogens (tertiary/aromatic N) is 1. The molecule has 0 saturated carbocycles. The maximum Gasteiger partial charge on any atom is 0.330 e. The van der Waals surface area contributed by atoms with Gasteiger partial charge < -0.3 is 14.6 Å². The van der Waals surface area contributed by atoms with Crippen molar-refractivity contribution in [2.24, 2.45) is 0 Å². The summed E-state index contributed by atoms with van der Waals surface area (Å²) in [5, 5.41) is 18.6. The summed E-state index contributed by atoms with van der Waals surface area (Å²) >= 11 is 0. The summed E-state index contributed by atoms with van der Waals surface area (Å²) in [6.45, 7) is 0. The second-order valence-electron chi connectivity index (χ2n) is 3.08. The van der Waals surface area contributed by atoms with Crippen molar-refractivity contribution in [2.45, 2.75) is 0 Å². The lowest BCUT2D eigenvalue weighted by Crippen LogP contribution is -1.94. The molecule has 88 valence electrons. The highest BCUT2D eigenvalue weighted by molar-refractivity contribution is 5.87. The Morgan fingerprint density at radius 3 is 2.71 bits per heavy atom. The zero-order valence-electron chi connectivity index (χ0n) is 9.43. The smallest absolute Gasteiger partial charge is 0.330 e. The predicted octanol–water partition coefficient (Wildman–Crippen LogP) is 1.46. The number of benzene rings is 1. The summed E-state index contributed by atoms with van der Waals surface area (Å²) in [7, 11) is 2.63. The minimum Gasteiger partial charge on any atom is -0.504 e. The van der Waals surface area contributed by atoms with Crippen LogP contribution in [0.3, 0.4) is 0 Å². The van der Waals surface area contributed by atoms with Gasteiger partial charge in [0, 0.05) is 17.7 Å². The molecule has 5 nitrogen and oxygen atoms in total. The number of nitriles is 1. The monoisotopic (exact) mass is 233 g/mol. The number of esters is 1. The number of ether oxygens (including phenoxy) is 2. The third kappa shape index (κ3) is 2.98. The van der Waals surface area contributed by atoms with Gasteiger partial charge in [0.2, 0.25) is 0 Å². The highest BCUT2D eigenvalue weighted by Gasteiger charge is 2.08. The molecule has 1 rings (SSSR count). The van der Waals surface area contributed by atoms with E-state index in [0.29, 0.717) is 11.1 Å². The van der Waals surface area contributed by atoms with E-state index in [0.717, 1.165) is 6.08 Å². The minimum atomic E-state index is -0.550. The lowest BCUT2D eigenvalue weighted by atomic mass is 10.1. The number of hydrogen-bond donors (Lipinski definition) is 1. The van der Waals surface area contributed by atoms with Crippen LogP contribution in [0.5, 0.6) is 11.5 Å². The second kappa shape index (κ2) is 5.56. The van der Waals surface area contributed by atoms with Crippen molar-refractivity contribution in [3.8, 4) is 17.6 Å². The number of carbonyl (C=O) groups excluding carboxylic acids is 1. The number of rotatable bonds is 3. The Hall–Kier alpha value is -2.48. The molecule has 1 aromatic rings. The zero-order valence-corrected chi connectivity index (χ0v) is 9.43. The van der Waals surface area contributed by atoms with Gasteiger partial charge in [-0.05, 0) is 12.1 Å².